The largest absolute Gasteiger partial charge is 0.448 e. The van der Waals surface area contributed by atoms with Gasteiger partial charge in [0.05, 0.1) is 5.02 Å². The van der Waals surface area contributed by atoms with E-state index in [0.717, 1.165) is 0 Å². The highest BCUT2D eigenvalue weighted by Gasteiger charge is 2.16. The van der Waals surface area contributed by atoms with Crippen molar-refractivity contribution in [1.29, 1.82) is 0 Å². The van der Waals surface area contributed by atoms with Gasteiger partial charge in [0.1, 0.15) is 23.0 Å². The van der Waals surface area contributed by atoms with Crippen molar-refractivity contribution in [3.8, 4) is 17.1 Å². The fraction of sp³-hybridized carbons (Fsp3) is 0. The predicted octanol–water partition coefficient (Wildman–Crippen LogP) is 4.27. The van der Waals surface area contributed by atoms with Crippen molar-refractivity contribution in [2.24, 2.45) is 0 Å². The summed E-state index contributed by atoms with van der Waals surface area (Å²) in [6.07, 6.45) is 0. The topological polar surface area (TPSA) is 57.0 Å². The van der Waals surface area contributed by atoms with Gasteiger partial charge in [0.15, 0.2) is 10.4 Å². The Morgan fingerprint density at radius 3 is 2.75 bits per heavy atom. The number of nitrogen functional groups attached to an aromatic ring is 1. The van der Waals surface area contributed by atoms with Crippen molar-refractivity contribution >= 4 is 33.3 Å². The molecule has 0 fully saturated rings. The second kappa shape index (κ2) is 4.96. The van der Waals surface area contributed by atoms with Crippen LogP contribution in [0.5, 0.6) is 0 Å². The Kier molecular flexibility index (Phi) is 3.27. The lowest BCUT2D eigenvalue weighted by Gasteiger charge is -2.07. The number of nitrogens with two attached hydrogens (primary N) is 1. The third kappa shape index (κ3) is 2.21. The van der Waals surface area contributed by atoms with Crippen LogP contribution in [0.1, 0.15) is 0 Å². The number of hydrogen-bond donors (Lipinski definition) is 1. The van der Waals surface area contributed by atoms with E-state index in [0.29, 0.717) is 16.1 Å². The summed E-state index contributed by atoms with van der Waals surface area (Å²) in [6, 6.07) is 9.45. The van der Waals surface area contributed by atoms with E-state index in [9.17, 15) is 4.39 Å². The molecule has 20 heavy (non-hydrogen) atoms. The minimum Gasteiger partial charge on any atom is -0.448 e. The van der Waals surface area contributed by atoms with Gasteiger partial charge in [-0.25, -0.2) is 9.07 Å². The Morgan fingerprint density at radius 2 is 2.10 bits per heavy atom. The van der Waals surface area contributed by atoms with Gasteiger partial charge in [-0.1, -0.05) is 17.7 Å². The van der Waals surface area contributed by atoms with Crippen LogP contribution in [0.25, 0.3) is 17.1 Å². The molecule has 0 radical (unpaired) electrons. The summed E-state index contributed by atoms with van der Waals surface area (Å²) in [4.78, 5) is 0. The number of rotatable bonds is 2. The van der Waals surface area contributed by atoms with Gasteiger partial charge < -0.3 is 10.2 Å². The number of hydrogen-bond acceptors (Lipinski definition) is 3. The number of aromatic nitrogens is 2. The van der Waals surface area contributed by atoms with E-state index >= 15 is 0 Å². The van der Waals surface area contributed by atoms with Gasteiger partial charge >= 0.3 is 0 Å². The molecule has 3 aromatic rings. The molecular formula is C13H8BrClFN3O. The number of anilines is 1. The SMILES string of the molecule is Nc1cc(-c2ccc(Br)o2)nn1-c1c(F)cccc1Cl. The Balaban J connectivity index is 2.14. The normalized spacial score (nSPS) is 10.9. The summed E-state index contributed by atoms with van der Waals surface area (Å²) >= 11 is 9.22. The molecule has 2 aromatic heterocycles. The quantitative estimate of drug-likeness (QED) is 0.746. The van der Waals surface area contributed by atoms with Crippen LogP contribution >= 0.6 is 27.5 Å². The average molecular weight is 357 g/mol. The van der Waals surface area contributed by atoms with Crippen LogP contribution in [-0.4, -0.2) is 9.78 Å². The van der Waals surface area contributed by atoms with Crippen LogP contribution in [0, 0.1) is 5.82 Å². The molecule has 0 aliphatic carbocycles. The maximum atomic E-state index is 13.9. The fourth-order valence-corrected chi connectivity index (χ4v) is 2.39. The van der Waals surface area contributed by atoms with Crippen molar-refractivity contribution < 1.29 is 8.81 Å². The molecule has 102 valence electrons. The van der Waals surface area contributed by atoms with Crippen LogP contribution in [0.15, 0.2) is 45.5 Å². The molecule has 0 unspecified atom stereocenters. The molecule has 0 saturated carbocycles. The van der Waals surface area contributed by atoms with Crippen LogP contribution < -0.4 is 5.73 Å². The Morgan fingerprint density at radius 1 is 1.30 bits per heavy atom. The second-order valence-corrected chi connectivity index (χ2v) is 5.23. The number of benzene rings is 1. The molecule has 0 atom stereocenters. The minimum absolute atomic E-state index is 0.114. The highest BCUT2D eigenvalue weighted by atomic mass is 79.9. The van der Waals surface area contributed by atoms with E-state index in [-0.39, 0.29) is 16.5 Å². The molecule has 3 rings (SSSR count). The summed E-state index contributed by atoms with van der Waals surface area (Å²) < 4.78 is 21.1. The predicted molar refractivity (Wildman–Crippen MR) is 78.3 cm³/mol. The summed E-state index contributed by atoms with van der Waals surface area (Å²) in [5.74, 6) is 0.286. The Bertz CT molecular complexity index is 764. The second-order valence-electron chi connectivity index (χ2n) is 4.04. The zero-order valence-electron chi connectivity index (χ0n) is 9.98. The molecule has 4 nitrogen and oxygen atoms in total. The molecule has 2 heterocycles. The van der Waals surface area contributed by atoms with Crippen LogP contribution in [0.4, 0.5) is 10.2 Å². The third-order valence-electron chi connectivity index (χ3n) is 2.71. The van der Waals surface area contributed by atoms with E-state index in [4.69, 9.17) is 21.8 Å². The zero-order valence-corrected chi connectivity index (χ0v) is 12.3. The average Bonchev–Trinajstić information content (AvgIpc) is 2.96. The summed E-state index contributed by atoms with van der Waals surface area (Å²) in [5, 5.41) is 4.47. The van der Waals surface area contributed by atoms with Crippen molar-refractivity contribution in [2.45, 2.75) is 0 Å². The van der Waals surface area contributed by atoms with Gasteiger partial charge in [-0.3, -0.25) is 0 Å². The van der Waals surface area contributed by atoms with Crippen molar-refractivity contribution in [1.82, 2.24) is 9.78 Å². The van der Waals surface area contributed by atoms with Crippen LogP contribution in [-0.2, 0) is 0 Å². The van der Waals surface area contributed by atoms with E-state index in [1.54, 1.807) is 24.3 Å². The molecule has 0 aliphatic rings. The van der Waals surface area contributed by atoms with Crippen molar-refractivity contribution in [3.05, 3.63) is 51.9 Å². The van der Waals surface area contributed by atoms with E-state index in [2.05, 4.69) is 21.0 Å². The molecule has 1 aromatic carbocycles. The summed E-state index contributed by atoms with van der Waals surface area (Å²) in [5.41, 5.74) is 6.48. The molecule has 0 spiro atoms. The molecule has 0 amide bonds. The van der Waals surface area contributed by atoms with Crippen LogP contribution in [0.3, 0.4) is 0 Å². The first kappa shape index (κ1) is 13.2. The van der Waals surface area contributed by atoms with Gasteiger partial charge in [0.2, 0.25) is 0 Å². The maximum Gasteiger partial charge on any atom is 0.169 e. The minimum atomic E-state index is -0.500. The third-order valence-corrected chi connectivity index (χ3v) is 3.44. The first-order valence-corrected chi connectivity index (χ1v) is 6.79. The molecule has 0 saturated heterocycles. The molecule has 2 N–H and O–H groups in total. The summed E-state index contributed by atoms with van der Waals surface area (Å²) in [6.45, 7) is 0. The molecule has 0 bridgehead atoms. The van der Waals surface area contributed by atoms with Gasteiger partial charge in [0, 0.05) is 6.07 Å². The highest BCUT2D eigenvalue weighted by molar-refractivity contribution is 9.10. The van der Waals surface area contributed by atoms with Gasteiger partial charge in [-0.2, -0.15) is 5.10 Å². The Labute approximate surface area is 127 Å². The smallest absolute Gasteiger partial charge is 0.169 e. The monoisotopic (exact) mass is 355 g/mol. The lowest BCUT2D eigenvalue weighted by molar-refractivity contribution is 0.552. The standard InChI is InChI=1S/C13H8BrClFN3O/c14-11-5-4-10(20-11)9-6-12(17)19(18-9)13-7(15)2-1-3-8(13)16/h1-6H,17H2. The van der Waals surface area contributed by atoms with E-state index in [1.165, 1.54) is 16.8 Å². The zero-order chi connectivity index (χ0) is 14.3. The number of nitrogens with zero attached hydrogens (tertiary/aromatic N) is 2. The highest BCUT2D eigenvalue weighted by Crippen LogP contribution is 2.30. The number of para-hydroxylation sites is 1. The molecule has 7 heteroatoms. The Hall–Kier alpha value is -1.79. The van der Waals surface area contributed by atoms with E-state index < -0.39 is 5.82 Å². The number of furan rings is 1. The molecule has 0 aliphatic heterocycles. The lowest BCUT2D eigenvalue weighted by atomic mass is 10.3. The van der Waals surface area contributed by atoms with Gasteiger partial charge in [-0.05, 0) is 40.2 Å². The maximum absolute atomic E-state index is 13.9. The van der Waals surface area contributed by atoms with Gasteiger partial charge in [-0.15, -0.1) is 0 Å². The number of halogens is 3. The fourth-order valence-electron chi connectivity index (χ4n) is 1.84. The van der Waals surface area contributed by atoms with Crippen LogP contribution in [0.2, 0.25) is 5.02 Å². The van der Waals surface area contributed by atoms with E-state index in [1.807, 2.05) is 0 Å². The van der Waals surface area contributed by atoms with Crippen molar-refractivity contribution in [2.75, 3.05) is 5.73 Å². The lowest BCUT2D eigenvalue weighted by Crippen LogP contribution is -2.04. The first-order chi connectivity index (χ1) is 9.56. The first-order valence-electron chi connectivity index (χ1n) is 5.62. The van der Waals surface area contributed by atoms with Gasteiger partial charge in [0.25, 0.3) is 0 Å². The van der Waals surface area contributed by atoms with Crippen molar-refractivity contribution in [3.63, 3.8) is 0 Å². The summed E-state index contributed by atoms with van der Waals surface area (Å²) in [7, 11) is 0. The molecular weight excluding hydrogens is 349 g/mol.